The highest BCUT2D eigenvalue weighted by molar-refractivity contribution is 5.49. The summed E-state index contributed by atoms with van der Waals surface area (Å²) in [5.74, 6) is 2.23. The molecular formula is C27H30O2. The molecule has 29 heavy (non-hydrogen) atoms. The molecule has 3 aromatic carbocycles. The molecule has 0 fully saturated rings. The molecule has 1 aliphatic rings. The van der Waals surface area contributed by atoms with Crippen LogP contribution in [0.1, 0.15) is 45.7 Å². The van der Waals surface area contributed by atoms with Gasteiger partial charge in [-0.15, -0.1) is 0 Å². The molecule has 1 unspecified atom stereocenters. The first-order valence-corrected chi connectivity index (χ1v) is 10.6. The lowest BCUT2D eigenvalue weighted by atomic mass is 9.88. The van der Waals surface area contributed by atoms with Crippen molar-refractivity contribution in [2.45, 2.75) is 44.9 Å². The van der Waals surface area contributed by atoms with Crippen molar-refractivity contribution < 1.29 is 9.47 Å². The minimum Gasteiger partial charge on any atom is -0.493 e. The van der Waals surface area contributed by atoms with Gasteiger partial charge in [0.1, 0.15) is 0 Å². The van der Waals surface area contributed by atoms with Crippen LogP contribution in [0.5, 0.6) is 11.5 Å². The Balaban J connectivity index is 1.57. The molecule has 0 aromatic heterocycles. The van der Waals surface area contributed by atoms with Crippen LogP contribution in [-0.4, -0.2) is 14.2 Å². The molecule has 4 rings (SSSR count). The molecule has 2 nitrogen and oxygen atoms in total. The summed E-state index contributed by atoms with van der Waals surface area (Å²) in [5, 5.41) is 0. The van der Waals surface area contributed by atoms with Gasteiger partial charge >= 0.3 is 0 Å². The Kier molecular flexibility index (Phi) is 5.89. The average molecular weight is 387 g/mol. The van der Waals surface area contributed by atoms with Gasteiger partial charge in [-0.05, 0) is 78.8 Å². The Hall–Kier alpha value is -2.74. The van der Waals surface area contributed by atoms with Crippen LogP contribution < -0.4 is 9.47 Å². The van der Waals surface area contributed by atoms with Gasteiger partial charge in [0.05, 0.1) is 14.2 Å². The van der Waals surface area contributed by atoms with Crippen LogP contribution in [0.15, 0.2) is 60.7 Å². The number of aryl methyl sites for hydroxylation is 4. The van der Waals surface area contributed by atoms with E-state index in [0.29, 0.717) is 5.92 Å². The number of benzene rings is 3. The van der Waals surface area contributed by atoms with Crippen LogP contribution >= 0.6 is 0 Å². The maximum atomic E-state index is 5.69. The average Bonchev–Trinajstić information content (AvgIpc) is 3.16. The van der Waals surface area contributed by atoms with Gasteiger partial charge < -0.3 is 9.47 Å². The van der Waals surface area contributed by atoms with Gasteiger partial charge in [0.25, 0.3) is 0 Å². The van der Waals surface area contributed by atoms with Gasteiger partial charge in [0, 0.05) is 0 Å². The van der Waals surface area contributed by atoms with E-state index in [-0.39, 0.29) is 0 Å². The topological polar surface area (TPSA) is 18.5 Å². The highest BCUT2D eigenvalue weighted by Crippen LogP contribution is 2.41. The van der Waals surface area contributed by atoms with Crippen LogP contribution in [0.4, 0.5) is 0 Å². The molecule has 0 saturated carbocycles. The van der Waals surface area contributed by atoms with Crippen molar-refractivity contribution in [3.63, 3.8) is 0 Å². The zero-order valence-electron chi connectivity index (χ0n) is 17.7. The molecule has 0 spiro atoms. The van der Waals surface area contributed by atoms with Crippen LogP contribution in [-0.2, 0) is 25.7 Å². The van der Waals surface area contributed by atoms with Crippen molar-refractivity contribution in [1.29, 1.82) is 0 Å². The molecule has 0 saturated heterocycles. The zero-order chi connectivity index (χ0) is 20.2. The normalized spacial score (nSPS) is 15.2. The molecular weight excluding hydrogens is 356 g/mol. The number of para-hydroxylation sites is 1. The van der Waals surface area contributed by atoms with Crippen LogP contribution in [0.25, 0.3) is 0 Å². The van der Waals surface area contributed by atoms with E-state index in [9.17, 15) is 0 Å². The molecule has 3 aromatic rings. The second-order valence-electron chi connectivity index (χ2n) is 8.07. The number of fused-ring (bicyclic) bond motifs is 1. The number of hydrogen-bond donors (Lipinski definition) is 0. The SMILES string of the molecule is COc1cccc(CC2CCc3cccc(CCc4ccc(C)cc4)c32)c1OC. The molecule has 0 N–H and O–H groups in total. The lowest BCUT2D eigenvalue weighted by molar-refractivity contribution is 0.351. The van der Waals surface area contributed by atoms with Gasteiger partial charge in [0.2, 0.25) is 0 Å². The number of methoxy groups -OCH3 is 2. The third kappa shape index (κ3) is 4.17. The second kappa shape index (κ2) is 8.73. The van der Waals surface area contributed by atoms with Crippen LogP contribution in [0.3, 0.4) is 0 Å². The van der Waals surface area contributed by atoms with Crippen LogP contribution in [0.2, 0.25) is 0 Å². The van der Waals surface area contributed by atoms with Crippen molar-refractivity contribution in [3.8, 4) is 11.5 Å². The predicted molar refractivity (Wildman–Crippen MR) is 119 cm³/mol. The summed E-state index contributed by atoms with van der Waals surface area (Å²) in [5.41, 5.74) is 8.58. The fourth-order valence-electron chi connectivity index (χ4n) is 4.72. The number of hydrogen-bond acceptors (Lipinski definition) is 2. The molecule has 150 valence electrons. The van der Waals surface area contributed by atoms with Crippen molar-refractivity contribution in [2.75, 3.05) is 14.2 Å². The van der Waals surface area contributed by atoms with Gasteiger partial charge in [-0.25, -0.2) is 0 Å². The third-order valence-electron chi connectivity index (χ3n) is 6.21. The van der Waals surface area contributed by atoms with E-state index in [0.717, 1.165) is 30.8 Å². The lowest BCUT2D eigenvalue weighted by Crippen LogP contribution is -2.06. The largest absolute Gasteiger partial charge is 0.493 e. The molecule has 0 heterocycles. The molecule has 0 bridgehead atoms. The quantitative estimate of drug-likeness (QED) is 0.491. The lowest BCUT2D eigenvalue weighted by Gasteiger charge is -2.19. The first-order valence-electron chi connectivity index (χ1n) is 10.6. The van der Waals surface area contributed by atoms with Gasteiger partial charge in [-0.1, -0.05) is 60.2 Å². The van der Waals surface area contributed by atoms with Gasteiger partial charge in [0.15, 0.2) is 11.5 Å². The van der Waals surface area contributed by atoms with E-state index in [1.807, 2.05) is 6.07 Å². The van der Waals surface area contributed by atoms with E-state index in [1.165, 1.54) is 40.7 Å². The first kappa shape index (κ1) is 19.6. The third-order valence-corrected chi connectivity index (χ3v) is 6.21. The molecule has 0 radical (unpaired) electrons. The maximum Gasteiger partial charge on any atom is 0.163 e. The summed E-state index contributed by atoms with van der Waals surface area (Å²) in [6.45, 7) is 2.14. The summed E-state index contributed by atoms with van der Waals surface area (Å²) >= 11 is 0. The molecule has 0 amide bonds. The minimum atomic E-state index is 0.542. The van der Waals surface area contributed by atoms with E-state index in [4.69, 9.17) is 9.47 Å². The van der Waals surface area contributed by atoms with E-state index in [2.05, 4.69) is 61.5 Å². The van der Waals surface area contributed by atoms with E-state index >= 15 is 0 Å². The van der Waals surface area contributed by atoms with Crippen molar-refractivity contribution >= 4 is 0 Å². The Morgan fingerprint density at radius 1 is 0.828 bits per heavy atom. The molecule has 1 atom stereocenters. The van der Waals surface area contributed by atoms with E-state index < -0.39 is 0 Å². The predicted octanol–water partition coefficient (Wildman–Crippen LogP) is 6.07. The minimum absolute atomic E-state index is 0.542. The first-order chi connectivity index (χ1) is 14.2. The Labute approximate surface area is 174 Å². The zero-order valence-corrected chi connectivity index (χ0v) is 17.7. The van der Waals surface area contributed by atoms with Crippen molar-refractivity contribution in [1.82, 2.24) is 0 Å². The number of rotatable bonds is 7. The summed E-state index contributed by atoms with van der Waals surface area (Å²) in [6.07, 6.45) is 5.56. The summed E-state index contributed by atoms with van der Waals surface area (Å²) in [6, 6.07) is 22.0. The Bertz CT molecular complexity index is 972. The maximum absolute atomic E-state index is 5.69. The molecule has 1 aliphatic carbocycles. The highest BCUT2D eigenvalue weighted by Gasteiger charge is 2.26. The molecule has 2 heteroatoms. The van der Waals surface area contributed by atoms with Crippen molar-refractivity contribution in [2.24, 2.45) is 0 Å². The highest BCUT2D eigenvalue weighted by atomic mass is 16.5. The van der Waals surface area contributed by atoms with Gasteiger partial charge in [-0.2, -0.15) is 0 Å². The summed E-state index contributed by atoms with van der Waals surface area (Å²) in [7, 11) is 3.44. The second-order valence-corrected chi connectivity index (χ2v) is 8.07. The summed E-state index contributed by atoms with van der Waals surface area (Å²) in [4.78, 5) is 0. The fraction of sp³-hybridized carbons (Fsp3) is 0.333. The van der Waals surface area contributed by atoms with Crippen molar-refractivity contribution in [3.05, 3.63) is 94.0 Å². The molecule has 0 aliphatic heterocycles. The smallest absolute Gasteiger partial charge is 0.163 e. The van der Waals surface area contributed by atoms with Crippen LogP contribution in [0, 0.1) is 6.92 Å². The van der Waals surface area contributed by atoms with E-state index in [1.54, 1.807) is 19.8 Å². The standard InChI is InChI=1S/C27H30O2/c1-19-10-12-20(13-11-19)14-15-21-6-4-7-22-16-17-23(26(21)22)18-24-8-5-9-25(28-2)27(24)29-3/h4-13,23H,14-18H2,1-3H3. The Morgan fingerprint density at radius 3 is 2.34 bits per heavy atom. The summed E-state index contributed by atoms with van der Waals surface area (Å²) < 4.78 is 11.2. The number of ether oxygens (including phenoxy) is 2. The Morgan fingerprint density at radius 2 is 1.59 bits per heavy atom. The fourth-order valence-corrected chi connectivity index (χ4v) is 4.72. The monoisotopic (exact) mass is 386 g/mol. The van der Waals surface area contributed by atoms with Gasteiger partial charge in [-0.3, -0.25) is 0 Å².